The quantitative estimate of drug-likeness (QED) is 0.638. The lowest BCUT2D eigenvalue weighted by molar-refractivity contribution is 0.0378. The molecule has 1 heterocycles. The molecule has 0 aliphatic rings. The van der Waals surface area contributed by atoms with E-state index in [4.69, 9.17) is 4.74 Å². The van der Waals surface area contributed by atoms with Crippen LogP contribution in [0.25, 0.3) is 5.69 Å². The van der Waals surface area contributed by atoms with Crippen molar-refractivity contribution in [2.24, 2.45) is 0 Å². The third kappa shape index (κ3) is 3.05. The van der Waals surface area contributed by atoms with Gasteiger partial charge in [-0.3, -0.25) is 4.79 Å². The first-order valence-electron chi connectivity index (χ1n) is 6.89. The van der Waals surface area contributed by atoms with E-state index in [2.05, 4.69) is 0 Å². The summed E-state index contributed by atoms with van der Waals surface area (Å²) in [7, 11) is 0. The summed E-state index contributed by atoms with van der Waals surface area (Å²) in [6.45, 7) is 7.48. The number of aldehydes is 1. The van der Waals surface area contributed by atoms with Gasteiger partial charge in [-0.05, 0) is 58.0 Å². The second-order valence-electron chi connectivity index (χ2n) is 5.28. The minimum absolute atomic E-state index is 0.138. The van der Waals surface area contributed by atoms with Gasteiger partial charge in [-0.25, -0.2) is 4.79 Å². The van der Waals surface area contributed by atoms with E-state index in [1.807, 2.05) is 50.5 Å². The van der Waals surface area contributed by atoms with E-state index in [1.54, 1.807) is 12.1 Å². The number of aromatic nitrogens is 1. The fourth-order valence-electron chi connectivity index (χ4n) is 2.33. The summed E-state index contributed by atoms with van der Waals surface area (Å²) in [5, 5.41) is 0. The minimum Gasteiger partial charge on any atom is -0.459 e. The number of aryl methyl sites for hydroxylation is 1. The molecule has 0 amide bonds. The Hall–Kier alpha value is -2.36. The molecule has 0 spiro atoms. The maximum absolute atomic E-state index is 11.8. The molecule has 1 aromatic carbocycles. The summed E-state index contributed by atoms with van der Waals surface area (Å²) in [5.74, 6) is -0.328. The van der Waals surface area contributed by atoms with Crippen LogP contribution in [0.3, 0.4) is 0 Å². The third-order valence-electron chi connectivity index (χ3n) is 3.30. The monoisotopic (exact) mass is 285 g/mol. The Morgan fingerprint density at radius 2 is 1.81 bits per heavy atom. The number of ether oxygens (including phenoxy) is 1. The molecule has 4 heteroatoms. The molecule has 2 rings (SSSR count). The lowest BCUT2D eigenvalue weighted by atomic mass is 10.2. The van der Waals surface area contributed by atoms with Crippen molar-refractivity contribution in [3.8, 4) is 5.69 Å². The molecule has 0 aliphatic heterocycles. The number of carbonyl (C=O) groups is 2. The van der Waals surface area contributed by atoms with Crippen molar-refractivity contribution in [2.75, 3.05) is 0 Å². The van der Waals surface area contributed by atoms with Crippen LogP contribution in [-0.2, 0) is 4.74 Å². The molecule has 0 fully saturated rings. The van der Waals surface area contributed by atoms with E-state index in [0.717, 1.165) is 23.4 Å². The maximum Gasteiger partial charge on any atom is 0.338 e. The van der Waals surface area contributed by atoms with E-state index in [9.17, 15) is 9.59 Å². The smallest absolute Gasteiger partial charge is 0.338 e. The number of carbonyl (C=O) groups excluding carboxylic acids is 2. The van der Waals surface area contributed by atoms with Gasteiger partial charge in [-0.2, -0.15) is 0 Å². The average Bonchev–Trinajstić information content (AvgIpc) is 2.73. The normalized spacial score (nSPS) is 10.7. The Balaban J connectivity index is 2.33. The number of nitrogens with zero attached hydrogens (tertiary/aromatic N) is 1. The van der Waals surface area contributed by atoms with Gasteiger partial charge in [-0.15, -0.1) is 0 Å². The van der Waals surface area contributed by atoms with Gasteiger partial charge >= 0.3 is 5.97 Å². The van der Waals surface area contributed by atoms with E-state index in [-0.39, 0.29) is 12.1 Å². The van der Waals surface area contributed by atoms with Crippen molar-refractivity contribution in [3.63, 3.8) is 0 Å². The van der Waals surface area contributed by atoms with E-state index >= 15 is 0 Å². The van der Waals surface area contributed by atoms with Crippen LogP contribution in [-0.4, -0.2) is 22.9 Å². The summed E-state index contributed by atoms with van der Waals surface area (Å²) in [6, 6.07) is 9.03. The Morgan fingerprint density at radius 3 is 2.29 bits per heavy atom. The van der Waals surface area contributed by atoms with Crippen LogP contribution in [0, 0.1) is 13.8 Å². The van der Waals surface area contributed by atoms with Crippen LogP contribution < -0.4 is 0 Å². The number of hydrogen-bond donors (Lipinski definition) is 0. The van der Waals surface area contributed by atoms with E-state index in [1.165, 1.54) is 0 Å². The lowest BCUT2D eigenvalue weighted by Gasteiger charge is -2.11. The predicted molar refractivity (Wildman–Crippen MR) is 81.2 cm³/mol. The molecule has 2 aromatic rings. The highest BCUT2D eigenvalue weighted by molar-refractivity contribution is 5.89. The van der Waals surface area contributed by atoms with Crippen molar-refractivity contribution < 1.29 is 14.3 Å². The summed E-state index contributed by atoms with van der Waals surface area (Å²) in [6.07, 6.45) is 0.717. The molecule has 0 radical (unpaired) electrons. The number of hydrogen-bond acceptors (Lipinski definition) is 3. The molecule has 110 valence electrons. The Kier molecular flexibility index (Phi) is 4.26. The highest BCUT2D eigenvalue weighted by atomic mass is 16.5. The first-order valence-corrected chi connectivity index (χ1v) is 6.89. The summed E-state index contributed by atoms with van der Waals surface area (Å²) in [4.78, 5) is 22.8. The first kappa shape index (κ1) is 15.0. The highest BCUT2D eigenvalue weighted by Gasteiger charge is 2.12. The zero-order chi connectivity index (χ0) is 15.6. The van der Waals surface area contributed by atoms with Gasteiger partial charge in [0.25, 0.3) is 0 Å². The van der Waals surface area contributed by atoms with Crippen LogP contribution in [0.1, 0.15) is 46.0 Å². The summed E-state index contributed by atoms with van der Waals surface area (Å²) in [5.41, 5.74) is 3.98. The Bertz CT molecular complexity index is 666. The second kappa shape index (κ2) is 5.95. The molecule has 0 N–H and O–H groups in total. The van der Waals surface area contributed by atoms with Crippen LogP contribution in [0.15, 0.2) is 30.3 Å². The Labute approximate surface area is 124 Å². The standard InChI is InChI=1S/C17H19NO3/c1-11(2)21-17(20)14-5-7-16(8-6-14)18-12(3)9-15(10-19)13(18)4/h5-11H,1-4H3. The Morgan fingerprint density at radius 1 is 1.19 bits per heavy atom. The van der Waals surface area contributed by atoms with Gasteiger partial charge < -0.3 is 9.30 Å². The van der Waals surface area contributed by atoms with E-state index in [0.29, 0.717) is 11.1 Å². The van der Waals surface area contributed by atoms with Gasteiger partial charge in [0.05, 0.1) is 11.7 Å². The molecule has 21 heavy (non-hydrogen) atoms. The van der Waals surface area contributed by atoms with Crippen LogP contribution in [0.4, 0.5) is 0 Å². The summed E-state index contributed by atoms with van der Waals surface area (Å²) >= 11 is 0. The number of rotatable bonds is 4. The summed E-state index contributed by atoms with van der Waals surface area (Å²) < 4.78 is 7.15. The van der Waals surface area contributed by atoms with Crippen molar-refractivity contribution in [2.45, 2.75) is 33.8 Å². The second-order valence-corrected chi connectivity index (χ2v) is 5.28. The molecule has 0 bridgehead atoms. The predicted octanol–water partition coefficient (Wildman–Crippen LogP) is 3.47. The molecule has 0 unspecified atom stereocenters. The van der Waals surface area contributed by atoms with Gasteiger partial charge in [-0.1, -0.05) is 0 Å². The van der Waals surface area contributed by atoms with Gasteiger partial charge in [0.2, 0.25) is 0 Å². The first-order chi connectivity index (χ1) is 9.93. The molecular weight excluding hydrogens is 266 g/mol. The van der Waals surface area contributed by atoms with E-state index < -0.39 is 0 Å². The van der Waals surface area contributed by atoms with Crippen molar-refractivity contribution in [1.29, 1.82) is 0 Å². The van der Waals surface area contributed by atoms with Crippen LogP contribution in [0.2, 0.25) is 0 Å². The number of benzene rings is 1. The number of esters is 1. The fourth-order valence-corrected chi connectivity index (χ4v) is 2.33. The van der Waals surface area contributed by atoms with Crippen molar-refractivity contribution in [3.05, 3.63) is 52.8 Å². The lowest BCUT2D eigenvalue weighted by Crippen LogP contribution is -2.11. The zero-order valence-electron chi connectivity index (χ0n) is 12.7. The molecule has 0 saturated heterocycles. The molecule has 0 aliphatic carbocycles. The molecule has 0 saturated carbocycles. The van der Waals surface area contributed by atoms with Crippen LogP contribution >= 0.6 is 0 Å². The van der Waals surface area contributed by atoms with Crippen molar-refractivity contribution >= 4 is 12.3 Å². The molecule has 0 atom stereocenters. The molecule has 4 nitrogen and oxygen atoms in total. The minimum atomic E-state index is -0.328. The topological polar surface area (TPSA) is 48.3 Å². The van der Waals surface area contributed by atoms with Crippen molar-refractivity contribution in [1.82, 2.24) is 4.57 Å². The molecule has 1 aromatic heterocycles. The largest absolute Gasteiger partial charge is 0.459 e. The maximum atomic E-state index is 11.8. The fraction of sp³-hybridized carbons (Fsp3) is 0.294. The highest BCUT2D eigenvalue weighted by Crippen LogP contribution is 2.20. The molecular formula is C17H19NO3. The average molecular weight is 285 g/mol. The van der Waals surface area contributed by atoms with Gasteiger partial charge in [0.1, 0.15) is 0 Å². The third-order valence-corrected chi connectivity index (χ3v) is 3.30. The van der Waals surface area contributed by atoms with Crippen LogP contribution in [0.5, 0.6) is 0 Å². The zero-order valence-corrected chi connectivity index (χ0v) is 12.7. The van der Waals surface area contributed by atoms with Gasteiger partial charge in [0.15, 0.2) is 6.29 Å². The van der Waals surface area contributed by atoms with Gasteiger partial charge in [0, 0.05) is 22.6 Å². The SMILES string of the molecule is Cc1cc(C=O)c(C)n1-c1ccc(C(=O)OC(C)C)cc1.